The van der Waals surface area contributed by atoms with Crippen LogP contribution in [0.25, 0.3) is 0 Å². The van der Waals surface area contributed by atoms with Crippen molar-refractivity contribution in [2.45, 2.75) is 38.6 Å². The number of amides is 3. The number of hydrogen-bond acceptors (Lipinski definition) is 8. The molecule has 45 heavy (non-hydrogen) atoms. The Balaban J connectivity index is 1.53. The minimum absolute atomic E-state index is 0.0351. The van der Waals surface area contributed by atoms with Gasteiger partial charge in [0.2, 0.25) is 17.7 Å². The SMILES string of the molecule is CCOC(=O)CN(CCc1ccc(OC)c(OC)c1)C(=O)CC1C(=O)N(CCc2ccccc2)CC(=O)N1CCc1cccs1. The van der Waals surface area contributed by atoms with Crippen LogP contribution < -0.4 is 9.47 Å². The van der Waals surface area contributed by atoms with E-state index in [-0.39, 0.29) is 44.5 Å². The Labute approximate surface area is 268 Å². The maximum atomic E-state index is 13.9. The first-order chi connectivity index (χ1) is 21.8. The predicted molar refractivity (Wildman–Crippen MR) is 171 cm³/mol. The molecule has 240 valence electrons. The van der Waals surface area contributed by atoms with Crippen molar-refractivity contribution in [3.8, 4) is 11.5 Å². The molecule has 0 N–H and O–H groups in total. The summed E-state index contributed by atoms with van der Waals surface area (Å²) in [6.07, 6.45) is 1.36. The molecule has 11 heteroatoms. The first kappa shape index (κ1) is 33.5. The van der Waals surface area contributed by atoms with Gasteiger partial charge in [0.05, 0.1) is 33.8 Å². The van der Waals surface area contributed by atoms with Crippen molar-refractivity contribution in [2.24, 2.45) is 0 Å². The third-order valence-corrected chi connectivity index (χ3v) is 8.71. The standard InChI is InChI=1S/C34H41N3O7S/c1-4-44-33(40)24-35(17-15-26-12-13-29(42-2)30(21-26)43-3)31(38)22-28-34(41)36(18-14-25-9-6-5-7-10-25)23-32(39)37(28)19-16-27-11-8-20-45-27/h5-13,20-21,28H,4,14-19,22-24H2,1-3H3. The Morgan fingerprint density at radius 2 is 1.69 bits per heavy atom. The van der Waals surface area contributed by atoms with Gasteiger partial charge in [0, 0.05) is 24.5 Å². The van der Waals surface area contributed by atoms with Crippen LogP contribution in [0.1, 0.15) is 29.3 Å². The molecule has 1 aliphatic heterocycles. The molecule has 10 nitrogen and oxygen atoms in total. The quantitative estimate of drug-likeness (QED) is 0.222. The Morgan fingerprint density at radius 1 is 0.911 bits per heavy atom. The number of hydrogen-bond donors (Lipinski definition) is 0. The second kappa shape index (κ2) is 16.6. The van der Waals surface area contributed by atoms with Crippen LogP contribution in [0.15, 0.2) is 66.0 Å². The van der Waals surface area contributed by atoms with Gasteiger partial charge in [0.1, 0.15) is 12.6 Å². The number of ether oxygens (including phenoxy) is 3. The average molecular weight is 636 g/mol. The van der Waals surface area contributed by atoms with Crippen molar-refractivity contribution in [2.75, 3.05) is 53.6 Å². The molecular weight excluding hydrogens is 594 g/mol. The highest BCUT2D eigenvalue weighted by atomic mass is 32.1. The lowest BCUT2D eigenvalue weighted by atomic mass is 10.0. The first-order valence-corrected chi connectivity index (χ1v) is 16.0. The van der Waals surface area contributed by atoms with Crippen LogP contribution in [0.3, 0.4) is 0 Å². The maximum Gasteiger partial charge on any atom is 0.325 e. The Hall–Kier alpha value is -4.38. The number of nitrogens with zero attached hydrogens (tertiary/aromatic N) is 3. The lowest BCUT2D eigenvalue weighted by molar-refractivity contribution is -0.158. The minimum atomic E-state index is -0.972. The van der Waals surface area contributed by atoms with Crippen LogP contribution in [-0.2, 0) is 43.2 Å². The molecule has 1 unspecified atom stereocenters. The predicted octanol–water partition coefficient (Wildman–Crippen LogP) is 3.61. The molecule has 3 aromatic rings. The number of esters is 1. The van der Waals surface area contributed by atoms with Crippen molar-refractivity contribution < 1.29 is 33.4 Å². The molecule has 0 spiro atoms. The van der Waals surface area contributed by atoms with E-state index in [1.54, 1.807) is 43.4 Å². The van der Waals surface area contributed by atoms with Crippen molar-refractivity contribution in [1.29, 1.82) is 0 Å². The lowest BCUT2D eigenvalue weighted by Crippen LogP contribution is -2.61. The van der Waals surface area contributed by atoms with Gasteiger partial charge in [0.15, 0.2) is 11.5 Å². The summed E-state index contributed by atoms with van der Waals surface area (Å²) in [4.78, 5) is 59.4. The summed E-state index contributed by atoms with van der Waals surface area (Å²) in [5, 5.41) is 1.97. The fraction of sp³-hybridized carbons (Fsp3) is 0.412. The van der Waals surface area contributed by atoms with E-state index in [1.807, 2.05) is 60.0 Å². The topological polar surface area (TPSA) is 106 Å². The van der Waals surface area contributed by atoms with Gasteiger partial charge in [0.25, 0.3) is 0 Å². The monoisotopic (exact) mass is 635 g/mol. The van der Waals surface area contributed by atoms with Gasteiger partial charge in [-0.25, -0.2) is 0 Å². The van der Waals surface area contributed by atoms with E-state index in [1.165, 1.54) is 9.80 Å². The first-order valence-electron chi connectivity index (χ1n) is 15.1. The van der Waals surface area contributed by atoms with E-state index in [0.29, 0.717) is 43.9 Å². The van der Waals surface area contributed by atoms with Gasteiger partial charge >= 0.3 is 5.97 Å². The van der Waals surface area contributed by atoms with Crippen LogP contribution in [0, 0.1) is 0 Å². The summed E-state index contributed by atoms with van der Waals surface area (Å²) in [6.45, 7) is 2.47. The van der Waals surface area contributed by atoms with E-state index >= 15 is 0 Å². The van der Waals surface area contributed by atoms with Crippen LogP contribution in [0.2, 0.25) is 0 Å². The molecule has 1 saturated heterocycles. The Bertz CT molecular complexity index is 1430. The van der Waals surface area contributed by atoms with Gasteiger partial charge in [-0.2, -0.15) is 0 Å². The zero-order chi connectivity index (χ0) is 32.2. The van der Waals surface area contributed by atoms with Crippen LogP contribution in [0.4, 0.5) is 0 Å². The number of benzene rings is 2. The molecule has 1 aromatic heterocycles. The van der Waals surface area contributed by atoms with Gasteiger partial charge in [-0.15, -0.1) is 11.3 Å². The minimum Gasteiger partial charge on any atom is -0.493 e. The third kappa shape index (κ3) is 9.31. The number of thiophene rings is 1. The van der Waals surface area contributed by atoms with Crippen LogP contribution >= 0.6 is 11.3 Å². The van der Waals surface area contributed by atoms with Gasteiger partial charge < -0.3 is 28.9 Å². The molecule has 0 radical (unpaired) electrons. The molecule has 2 heterocycles. The molecular formula is C34H41N3O7S. The van der Waals surface area contributed by atoms with E-state index in [9.17, 15) is 19.2 Å². The Kier molecular flexibility index (Phi) is 12.4. The van der Waals surface area contributed by atoms with E-state index in [4.69, 9.17) is 14.2 Å². The summed E-state index contributed by atoms with van der Waals surface area (Å²) in [7, 11) is 3.11. The molecule has 1 fully saturated rings. The number of methoxy groups -OCH3 is 2. The van der Waals surface area contributed by atoms with E-state index in [2.05, 4.69) is 0 Å². The van der Waals surface area contributed by atoms with Crippen molar-refractivity contribution in [1.82, 2.24) is 14.7 Å². The van der Waals surface area contributed by atoms with Crippen LogP contribution in [-0.4, -0.2) is 98.0 Å². The normalized spacial score (nSPS) is 14.8. The summed E-state index contributed by atoms with van der Waals surface area (Å²) in [5.41, 5.74) is 1.93. The highest BCUT2D eigenvalue weighted by Gasteiger charge is 2.41. The fourth-order valence-corrected chi connectivity index (χ4v) is 6.06. The highest BCUT2D eigenvalue weighted by Crippen LogP contribution is 2.28. The zero-order valence-electron chi connectivity index (χ0n) is 26.1. The van der Waals surface area contributed by atoms with Crippen molar-refractivity contribution in [3.63, 3.8) is 0 Å². The lowest BCUT2D eigenvalue weighted by Gasteiger charge is -2.40. The van der Waals surface area contributed by atoms with E-state index in [0.717, 1.165) is 16.0 Å². The summed E-state index contributed by atoms with van der Waals surface area (Å²) in [6, 6.07) is 18.2. The highest BCUT2D eigenvalue weighted by molar-refractivity contribution is 7.09. The van der Waals surface area contributed by atoms with Gasteiger partial charge in [-0.05, 0) is 60.9 Å². The molecule has 0 bridgehead atoms. The summed E-state index contributed by atoms with van der Waals surface area (Å²) >= 11 is 1.58. The molecule has 2 aromatic carbocycles. The molecule has 0 saturated carbocycles. The smallest absolute Gasteiger partial charge is 0.325 e. The largest absolute Gasteiger partial charge is 0.493 e. The number of carbonyl (C=O) groups excluding carboxylic acids is 4. The number of carbonyl (C=O) groups is 4. The number of piperazine rings is 1. The number of rotatable bonds is 16. The average Bonchev–Trinajstić information content (AvgIpc) is 3.57. The molecule has 4 rings (SSSR count). The second-order valence-corrected chi connectivity index (χ2v) is 11.7. The summed E-state index contributed by atoms with van der Waals surface area (Å²) in [5.74, 6) is -0.258. The van der Waals surface area contributed by atoms with Crippen LogP contribution in [0.5, 0.6) is 11.5 Å². The molecule has 3 amide bonds. The zero-order valence-corrected chi connectivity index (χ0v) is 26.9. The van der Waals surface area contributed by atoms with Crippen molar-refractivity contribution in [3.05, 3.63) is 82.0 Å². The summed E-state index contributed by atoms with van der Waals surface area (Å²) < 4.78 is 15.9. The molecule has 1 aliphatic rings. The van der Waals surface area contributed by atoms with Gasteiger partial charge in [-0.1, -0.05) is 42.5 Å². The third-order valence-electron chi connectivity index (χ3n) is 7.78. The maximum absolute atomic E-state index is 13.9. The molecule has 0 aliphatic carbocycles. The van der Waals surface area contributed by atoms with E-state index < -0.39 is 17.9 Å². The van der Waals surface area contributed by atoms with Crippen molar-refractivity contribution >= 4 is 35.0 Å². The Morgan fingerprint density at radius 3 is 2.38 bits per heavy atom. The fourth-order valence-electron chi connectivity index (χ4n) is 5.36. The second-order valence-electron chi connectivity index (χ2n) is 10.7. The van der Waals surface area contributed by atoms with Gasteiger partial charge in [-0.3, -0.25) is 19.2 Å². The molecule has 1 atom stereocenters.